The molecule has 1 aromatic carbocycles. The lowest BCUT2D eigenvalue weighted by Gasteiger charge is -2.03. The minimum atomic E-state index is -3.67. The number of rotatable bonds is 5. The normalized spacial score (nSPS) is 12.1. The Bertz CT molecular complexity index is 647. The first kappa shape index (κ1) is 13.5. The maximum atomic E-state index is 11.6. The van der Waals surface area contributed by atoms with E-state index in [1.165, 1.54) is 0 Å². The van der Waals surface area contributed by atoms with Gasteiger partial charge in [0.25, 0.3) is 0 Å². The highest BCUT2D eigenvalue weighted by Gasteiger charge is 2.16. The third kappa shape index (κ3) is 2.71. The summed E-state index contributed by atoms with van der Waals surface area (Å²) >= 11 is 1.78. The lowest BCUT2D eigenvalue weighted by molar-refractivity contribution is 0.597. The molecular weight excluding hydrogens is 268 g/mol. The Labute approximate surface area is 111 Å². The van der Waals surface area contributed by atoms with E-state index in [1.54, 1.807) is 24.0 Å². The summed E-state index contributed by atoms with van der Waals surface area (Å²) < 4.78 is 25.1. The summed E-state index contributed by atoms with van der Waals surface area (Å²) in [5.41, 5.74) is 0.919. The molecule has 98 valence electrons. The Hall–Kier alpha value is -0.980. The van der Waals surface area contributed by atoms with Crippen LogP contribution in [0.1, 0.15) is 6.42 Å². The molecule has 0 aliphatic carbocycles. The number of para-hydroxylation sites is 1. The molecule has 0 unspecified atom stereocenters. The van der Waals surface area contributed by atoms with E-state index in [4.69, 9.17) is 5.14 Å². The van der Waals surface area contributed by atoms with Gasteiger partial charge in [0, 0.05) is 23.6 Å². The molecule has 6 heteroatoms. The van der Waals surface area contributed by atoms with Crippen molar-refractivity contribution in [2.45, 2.75) is 17.9 Å². The quantitative estimate of drug-likeness (QED) is 0.855. The number of aromatic nitrogens is 1. The monoisotopic (exact) mass is 284 g/mol. The van der Waals surface area contributed by atoms with Crippen LogP contribution in [-0.2, 0) is 16.6 Å². The van der Waals surface area contributed by atoms with Crippen molar-refractivity contribution in [3.05, 3.63) is 30.5 Å². The lowest BCUT2D eigenvalue weighted by atomic mass is 10.2. The van der Waals surface area contributed by atoms with E-state index in [-0.39, 0.29) is 4.90 Å². The van der Waals surface area contributed by atoms with E-state index in [2.05, 4.69) is 6.26 Å². The summed E-state index contributed by atoms with van der Waals surface area (Å²) in [6.07, 6.45) is 4.70. The van der Waals surface area contributed by atoms with Crippen LogP contribution in [0.25, 0.3) is 10.9 Å². The van der Waals surface area contributed by atoms with Gasteiger partial charge < -0.3 is 4.57 Å². The zero-order chi connectivity index (χ0) is 13.2. The van der Waals surface area contributed by atoms with Gasteiger partial charge in [-0.05, 0) is 24.5 Å². The van der Waals surface area contributed by atoms with Crippen LogP contribution in [0.5, 0.6) is 0 Å². The second kappa shape index (κ2) is 5.34. The molecule has 0 saturated carbocycles. The van der Waals surface area contributed by atoms with Crippen molar-refractivity contribution < 1.29 is 8.42 Å². The standard InChI is InChI=1S/C12H16N2O2S2/c1-17-8-4-7-14-9-12(18(13,15)16)10-5-2-3-6-11(10)14/h2-3,5-6,9H,4,7-8H2,1H3,(H2,13,15,16). The molecule has 1 heterocycles. The molecule has 0 spiro atoms. The van der Waals surface area contributed by atoms with Crippen LogP contribution < -0.4 is 5.14 Å². The number of hydrogen-bond acceptors (Lipinski definition) is 3. The average molecular weight is 284 g/mol. The molecule has 1 aromatic heterocycles. The minimum absolute atomic E-state index is 0.210. The Kier molecular flexibility index (Phi) is 3.99. The molecule has 0 atom stereocenters. The number of aryl methyl sites for hydroxylation is 1. The highest BCUT2D eigenvalue weighted by atomic mass is 32.2. The number of thioether (sulfide) groups is 1. The van der Waals surface area contributed by atoms with Crippen LogP contribution in [0, 0.1) is 0 Å². The number of benzene rings is 1. The van der Waals surface area contributed by atoms with E-state index in [1.807, 2.05) is 22.8 Å². The number of nitrogens with two attached hydrogens (primary N) is 1. The van der Waals surface area contributed by atoms with Crippen LogP contribution in [0.2, 0.25) is 0 Å². The summed E-state index contributed by atoms with van der Waals surface area (Å²) in [7, 11) is -3.67. The third-order valence-corrected chi connectivity index (χ3v) is 4.44. The van der Waals surface area contributed by atoms with Gasteiger partial charge in [-0.2, -0.15) is 11.8 Å². The van der Waals surface area contributed by atoms with Gasteiger partial charge in [0.15, 0.2) is 0 Å². The van der Waals surface area contributed by atoms with E-state index in [0.29, 0.717) is 5.39 Å². The van der Waals surface area contributed by atoms with Crippen molar-refractivity contribution in [2.75, 3.05) is 12.0 Å². The van der Waals surface area contributed by atoms with Gasteiger partial charge in [-0.15, -0.1) is 0 Å². The van der Waals surface area contributed by atoms with E-state index in [0.717, 1.165) is 24.2 Å². The zero-order valence-corrected chi connectivity index (χ0v) is 11.8. The summed E-state index contributed by atoms with van der Waals surface area (Å²) in [6.45, 7) is 0.802. The highest BCUT2D eigenvalue weighted by Crippen LogP contribution is 2.24. The molecule has 18 heavy (non-hydrogen) atoms. The SMILES string of the molecule is CSCCCn1cc(S(N)(=O)=O)c2ccccc21. The van der Waals surface area contributed by atoms with Gasteiger partial charge in [0.1, 0.15) is 4.90 Å². The molecule has 0 aliphatic rings. The third-order valence-electron chi connectivity index (χ3n) is 2.81. The number of hydrogen-bond donors (Lipinski definition) is 1. The van der Waals surface area contributed by atoms with Crippen molar-refractivity contribution in [1.29, 1.82) is 0 Å². The van der Waals surface area contributed by atoms with Crippen LogP contribution in [-0.4, -0.2) is 25.0 Å². The van der Waals surface area contributed by atoms with Crippen molar-refractivity contribution in [2.24, 2.45) is 5.14 Å². The fourth-order valence-corrected chi connectivity index (χ4v) is 3.18. The second-order valence-corrected chi connectivity index (χ2v) is 6.61. The molecule has 0 fully saturated rings. The Morgan fingerprint density at radius 3 is 2.72 bits per heavy atom. The Morgan fingerprint density at radius 2 is 2.06 bits per heavy atom. The molecule has 2 rings (SSSR count). The molecule has 0 amide bonds. The van der Waals surface area contributed by atoms with Crippen molar-refractivity contribution in [3.8, 4) is 0 Å². The summed E-state index contributed by atoms with van der Waals surface area (Å²) in [4.78, 5) is 0.210. The molecule has 4 nitrogen and oxygen atoms in total. The smallest absolute Gasteiger partial charge is 0.240 e. The van der Waals surface area contributed by atoms with Crippen LogP contribution >= 0.6 is 11.8 Å². The predicted molar refractivity (Wildman–Crippen MR) is 76.3 cm³/mol. The first-order valence-corrected chi connectivity index (χ1v) is 8.57. The number of nitrogens with zero attached hydrogens (tertiary/aromatic N) is 1. The molecular formula is C12H16N2O2S2. The average Bonchev–Trinajstić information content (AvgIpc) is 2.69. The van der Waals surface area contributed by atoms with Crippen LogP contribution in [0.3, 0.4) is 0 Å². The van der Waals surface area contributed by atoms with Gasteiger partial charge >= 0.3 is 0 Å². The molecule has 0 saturated heterocycles. The van der Waals surface area contributed by atoms with Crippen LogP contribution in [0.4, 0.5) is 0 Å². The van der Waals surface area contributed by atoms with E-state index in [9.17, 15) is 8.42 Å². The predicted octanol–water partition coefficient (Wildman–Crippen LogP) is 2.04. The zero-order valence-electron chi connectivity index (χ0n) is 10.2. The number of sulfonamides is 1. The van der Waals surface area contributed by atoms with Crippen molar-refractivity contribution in [1.82, 2.24) is 4.57 Å². The molecule has 0 bridgehead atoms. The summed E-state index contributed by atoms with van der Waals surface area (Å²) in [5.74, 6) is 1.05. The number of fused-ring (bicyclic) bond motifs is 1. The van der Waals surface area contributed by atoms with Crippen LogP contribution in [0.15, 0.2) is 35.4 Å². The molecule has 0 radical (unpaired) electrons. The fourth-order valence-electron chi connectivity index (χ4n) is 2.00. The Morgan fingerprint density at radius 1 is 1.33 bits per heavy atom. The maximum absolute atomic E-state index is 11.6. The molecule has 2 aromatic rings. The summed E-state index contributed by atoms with van der Waals surface area (Å²) in [6, 6.07) is 7.44. The maximum Gasteiger partial charge on any atom is 0.240 e. The van der Waals surface area contributed by atoms with Gasteiger partial charge in [0.2, 0.25) is 10.0 Å². The van der Waals surface area contributed by atoms with E-state index >= 15 is 0 Å². The van der Waals surface area contributed by atoms with Gasteiger partial charge in [-0.3, -0.25) is 0 Å². The fraction of sp³-hybridized carbons (Fsp3) is 0.333. The summed E-state index contributed by atoms with van der Waals surface area (Å²) in [5, 5.41) is 5.94. The Balaban J connectivity index is 2.48. The first-order valence-electron chi connectivity index (χ1n) is 5.63. The highest BCUT2D eigenvalue weighted by molar-refractivity contribution is 7.98. The molecule has 2 N–H and O–H groups in total. The molecule has 0 aliphatic heterocycles. The van der Waals surface area contributed by atoms with Gasteiger partial charge in [-0.1, -0.05) is 18.2 Å². The first-order chi connectivity index (χ1) is 8.54. The lowest BCUT2D eigenvalue weighted by Crippen LogP contribution is -2.11. The minimum Gasteiger partial charge on any atom is -0.346 e. The topological polar surface area (TPSA) is 65.1 Å². The second-order valence-electron chi connectivity index (χ2n) is 4.10. The van der Waals surface area contributed by atoms with E-state index < -0.39 is 10.0 Å². The van der Waals surface area contributed by atoms with Gasteiger partial charge in [0.05, 0.1) is 0 Å². The van der Waals surface area contributed by atoms with Crippen molar-refractivity contribution in [3.63, 3.8) is 0 Å². The number of primary sulfonamides is 1. The van der Waals surface area contributed by atoms with Crippen molar-refractivity contribution >= 4 is 32.7 Å². The largest absolute Gasteiger partial charge is 0.346 e. The van der Waals surface area contributed by atoms with Gasteiger partial charge in [-0.25, -0.2) is 13.6 Å².